The first-order valence-electron chi connectivity index (χ1n) is 7.90. The van der Waals surface area contributed by atoms with Crippen LogP contribution < -0.4 is 5.32 Å². The van der Waals surface area contributed by atoms with E-state index >= 15 is 0 Å². The van der Waals surface area contributed by atoms with Crippen LogP contribution in [-0.4, -0.2) is 16.6 Å². The molecule has 4 aromatic rings. The largest absolute Gasteiger partial charge is 0.341 e. The van der Waals surface area contributed by atoms with Gasteiger partial charge >= 0.3 is 0 Å². The normalized spacial score (nSPS) is 11.6. The highest BCUT2D eigenvalue weighted by Crippen LogP contribution is 2.33. The molecule has 0 bridgehead atoms. The maximum atomic E-state index is 4.44. The predicted octanol–water partition coefficient (Wildman–Crippen LogP) is 4.66. The molecule has 0 saturated heterocycles. The lowest BCUT2D eigenvalue weighted by atomic mass is 10.1. The quantitative estimate of drug-likeness (QED) is 0.592. The molecular formula is C19H19N3S. The van der Waals surface area contributed by atoms with Crippen molar-refractivity contribution < 1.29 is 0 Å². The third-order valence-electron chi connectivity index (χ3n) is 4.36. The average Bonchev–Trinajstić information content (AvgIpc) is 3.20. The van der Waals surface area contributed by atoms with Gasteiger partial charge in [-0.05, 0) is 37.7 Å². The van der Waals surface area contributed by atoms with Crippen molar-refractivity contribution in [2.45, 2.75) is 20.0 Å². The second kappa shape index (κ2) is 5.80. The topological polar surface area (TPSA) is 29.9 Å². The van der Waals surface area contributed by atoms with Crippen LogP contribution in [0.4, 0.5) is 0 Å². The molecule has 0 amide bonds. The summed E-state index contributed by atoms with van der Waals surface area (Å²) in [5, 5.41) is 7.98. The van der Waals surface area contributed by atoms with Gasteiger partial charge in [-0.15, -0.1) is 11.3 Å². The molecule has 0 aliphatic heterocycles. The van der Waals surface area contributed by atoms with Gasteiger partial charge in [-0.25, -0.2) is 4.98 Å². The molecule has 0 aliphatic rings. The van der Waals surface area contributed by atoms with Crippen molar-refractivity contribution in [3.05, 3.63) is 52.9 Å². The van der Waals surface area contributed by atoms with Crippen molar-refractivity contribution in [1.29, 1.82) is 0 Å². The predicted molar refractivity (Wildman–Crippen MR) is 99.0 cm³/mol. The first kappa shape index (κ1) is 14.4. The number of aryl methyl sites for hydroxylation is 1. The Bertz CT molecular complexity index is 967. The Morgan fingerprint density at radius 2 is 2.00 bits per heavy atom. The van der Waals surface area contributed by atoms with E-state index in [1.54, 1.807) is 11.3 Å². The summed E-state index contributed by atoms with van der Waals surface area (Å²) in [4.78, 5) is 4.44. The summed E-state index contributed by atoms with van der Waals surface area (Å²) in [6.07, 6.45) is 0. The van der Waals surface area contributed by atoms with Gasteiger partial charge in [-0.3, -0.25) is 0 Å². The third-order valence-corrected chi connectivity index (χ3v) is 4.94. The van der Waals surface area contributed by atoms with E-state index in [4.69, 9.17) is 0 Å². The first-order chi connectivity index (χ1) is 11.3. The number of hydrogen-bond acceptors (Lipinski definition) is 3. The molecule has 0 spiro atoms. The van der Waals surface area contributed by atoms with Gasteiger partial charge in [0.05, 0.1) is 11.2 Å². The van der Waals surface area contributed by atoms with Crippen molar-refractivity contribution >= 4 is 33.1 Å². The van der Waals surface area contributed by atoms with E-state index in [-0.39, 0.29) is 0 Å². The molecule has 0 saturated carbocycles. The van der Waals surface area contributed by atoms with Crippen LogP contribution in [0.5, 0.6) is 0 Å². The van der Waals surface area contributed by atoms with Crippen LogP contribution in [0.2, 0.25) is 0 Å². The monoisotopic (exact) mass is 321 g/mol. The maximum absolute atomic E-state index is 4.44. The zero-order valence-electron chi connectivity index (χ0n) is 13.3. The highest BCUT2D eigenvalue weighted by atomic mass is 32.1. The fraction of sp³-hybridized carbons (Fsp3) is 0.211. The van der Waals surface area contributed by atoms with Crippen molar-refractivity contribution in [2.75, 3.05) is 7.05 Å². The highest BCUT2D eigenvalue weighted by molar-refractivity contribution is 7.07. The molecule has 2 heterocycles. The molecule has 1 N–H and O–H groups in total. The van der Waals surface area contributed by atoms with Crippen LogP contribution in [0, 0.1) is 0 Å². The van der Waals surface area contributed by atoms with Gasteiger partial charge in [0.15, 0.2) is 0 Å². The Labute approximate surface area is 139 Å². The summed E-state index contributed by atoms with van der Waals surface area (Å²) in [6, 6.07) is 13.5. The van der Waals surface area contributed by atoms with Gasteiger partial charge in [0, 0.05) is 45.8 Å². The highest BCUT2D eigenvalue weighted by Gasteiger charge is 2.12. The van der Waals surface area contributed by atoms with Crippen LogP contribution >= 0.6 is 11.3 Å². The van der Waals surface area contributed by atoms with Crippen molar-refractivity contribution in [1.82, 2.24) is 14.9 Å². The van der Waals surface area contributed by atoms with E-state index in [0.29, 0.717) is 0 Å². The van der Waals surface area contributed by atoms with Gasteiger partial charge in [-0.2, -0.15) is 0 Å². The second-order valence-corrected chi connectivity index (χ2v) is 6.45. The minimum atomic E-state index is 0.894. The van der Waals surface area contributed by atoms with Crippen LogP contribution in [-0.2, 0) is 13.1 Å². The number of hydrogen-bond donors (Lipinski definition) is 1. The van der Waals surface area contributed by atoms with Crippen molar-refractivity contribution in [3.63, 3.8) is 0 Å². The molecule has 0 unspecified atom stereocenters. The van der Waals surface area contributed by atoms with E-state index in [2.05, 4.69) is 63.6 Å². The minimum Gasteiger partial charge on any atom is -0.341 e. The summed E-state index contributed by atoms with van der Waals surface area (Å²) in [5.41, 5.74) is 8.04. The van der Waals surface area contributed by atoms with Crippen LogP contribution in [0.25, 0.3) is 33.1 Å². The molecule has 116 valence electrons. The molecule has 4 heteroatoms. The van der Waals surface area contributed by atoms with Gasteiger partial charge in [-0.1, -0.05) is 18.2 Å². The Kier molecular flexibility index (Phi) is 3.63. The molecule has 23 heavy (non-hydrogen) atoms. The molecule has 0 aliphatic carbocycles. The maximum Gasteiger partial charge on any atom is 0.0811 e. The van der Waals surface area contributed by atoms with E-state index in [1.165, 1.54) is 32.9 Å². The smallest absolute Gasteiger partial charge is 0.0811 e. The fourth-order valence-corrected chi connectivity index (χ4v) is 3.88. The van der Waals surface area contributed by atoms with E-state index < -0.39 is 0 Å². The lowest BCUT2D eigenvalue weighted by Gasteiger charge is -2.05. The molecule has 4 rings (SSSR count). The number of nitrogens with zero attached hydrogens (tertiary/aromatic N) is 2. The average molecular weight is 321 g/mol. The molecule has 2 aromatic heterocycles. The van der Waals surface area contributed by atoms with Gasteiger partial charge in [0.1, 0.15) is 0 Å². The van der Waals surface area contributed by atoms with Gasteiger partial charge in [0.25, 0.3) is 0 Å². The third kappa shape index (κ3) is 2.35. The summed E-state index contributed by atoms with van der Waals surface area (Å²) in [6.45, 7) is 4.06. The zero-order chi connectivity index (χ0) is 15.8. The Morgan fingerprint density at radius 1 is 1.09 bits per heavy atom. The fourth-order valence-electron chi connectivity index (χ4n) is 3.32. The van der Waals surface area contributed by atoms with Crippen LogP contribution in [0.3, 0.4) is 0 Å². The van der Waals surface area contributed by atoms with Crippen molar-refractivity contribution in [2.24, 2.45) is 0 Å². The summed E-state index contributed by atoms with van der Waals surface area (Å²) in [5.74, 6) is 0. The van der Waals surface area contributed by atoms with Crippen molar-refractivity contribution in [3.8, 4) is 11.3 Å². The Hall–Kier alpha value is -2.17. The molecule has 3 nitrogen and oxygen atoms in total. The Balaban J connectivity index is 1.99. The number of aromatic nitrogens is 2. The van der Waals surface area contributed by atoms with E-state index in [1.807, 2.05) is 12.6 Å². The number of fused-ring (bicyclic) bond motifs is 3. The summed E-state index contributed by atoms with van der Waals surface area (Å²) < 4.78 is 2.39. The SMILES string of the molecule is CCn1c2ccc(CNC)cc2c2ccc(-c3cscn3)cc21. The van der Waals surface area contributed by atoms with Gasteiger partial charge < -0.3 is 9.88 Å². The van der Waals surface area contributed by atoms with Crippen LogP contribution in [0.15, 0.2) is 47.3 Å². The first-order valence-corrected chi connectivity index (χ1v) is 8.84. The number of nitrogens with one attached hydrogen (secondary N) is 1. The summed E-state index contributed by atoms with van der Waals surface area (Å²) in [7, 11) is 1.99. The second-order valence-electron chi connectivity index (χ2n) is 5.73. The minimum absolute atomic E-state index is 0.894. The Morgan fingerprint density at radius 3 is 2.74 bits per heavy atom. The number of thiazole rings is 1. The molecular weight excluding hydrogens is 302 g/mol. The molecule has 2 aromatic carbocycles. The molecule has 0 fully saturated rings. The van der Waals surface area contributed by atoms with Crippen LogP contribution in [0.1, 0.15) is 12.5 Å². The molecule has 0 atom stereocenters. The van der Waals surface area contributed by atoms with E-state index in [9.17, 15) is 0 Å². The number of rotatable bonds is 4. The number of benzene rings is 2. The summed E-state index contributed by atoms with van der Waals surface area (Å²) >= 11 is 1.64. The zero-order valence-corrected chi connectivity index (χ0v) is 14.2. The standard InChI is InChI=1S/C19H19N3S/c1-3-22-18-7-4-13(10-20-2)8-16(18)15-6-5-14(9-19(15)22)17-11-23-12-21-17/h4-9,11-12,20H,3,10H2,1-2H3. The lowest BCUT2D eigenvalue weighted by molar-refractivity contribution is 0.815. The lowest BCUT2D eigenvalue weighted by Crippen LogP contribution is -2.04. The molecule has 0 radical (unpaired) electrons. The van der Waals surface area contributed by atoms with E-state index in [0.717, 1.165) is 18.8 Å². The van der Waals surface area contributed by atoms with Gasteiger partial charge in [0.2, 0.25) is 0 Å².